The highest BCUT2D eigenvalue weighted by Gasteiger charge is 2.20. The zero-order chi connectivity index (χ0) is 19.7. The fraction of sp³-hybridized carbons (Fsp3) is 0. The minimum absolute atomic E-state index is 0.119. The van der Waals surface area contributed by atoms with E-state index in [0.29, 0.717) is 27.1 Å². The summed E-state index contributed by atoms with van der Waals surface area (Å²) in [5.74, 6) is 0.615. The molecule has 1 N–H and O–H groups in total. The molecule has 0 fully saturated rings. The van der Waals surface area contributed by atoms with E-state index in [1.165, 1.54) is 12.1 Å². The summed E-state index contributed by atoms with van der Waals surface area (Å²) in [7, 11) is -3.76. The van der Waals surface area contributed by atoms with E-state index in [1.54, 1.807) is 47.8 Å². The van der Waals surface area contributed by atoms with Gasteiger partial charge in [-0.3, -0.25) is 4.72 Å². The quantitative estimate of drug-likeness (QED) is 0.428. The molecule has 2 aromatic carbocycles. The van der Waals surface area contributed by atoms with Crippen LogP contribution in [0.4, 0.5) is 5.69 Å². The number of hydrogen-bond acceptors (Lipinski definition) is 6. The molecule has 4 aromatic rings. The van der Waals surface area contributed by atoms with Gasteiger partial charge in [0.25, 0.3) is 15.9 Å². The molecule has 0 aliphatic rings. The van der Waals surface area contributed by atoms with Gasteiger partial charge in [-0.1, -0.05) is 34.4 Å². The normalized spacial score (nSPS) is 11.5. The van der Waals surface area contributed by atoms with Crippen molar-refractivity contribution >= 4 is 50.2 Å². The highest BCUT2D eigenvalue weighted by Crippen LogP contribution is 2.30. The van der Waals surface area contributed by atoms with Crippen LogP contribution in [0.2, 0.25) is 10.0 Å². The fourth-order valence-electron chi connectivity index (χ4n) is 2.38. The summed E-state index contributed by atoms with van der Waals surface area (Å²) >= 11 is 12.8. The van der Waals surface area contributed by atoms with Gasteiger partial charge in [0, 0.05) is 21.0 Å². The van der Waals surface area contributed by atoms with Crippen molar-refractivity contribution in [2.24, 2.45) is 0 Å². The number of anilines is 1. The van der Waals surface area contributed by atoms with E-state index >= 15 is 0 Å². The number of hydrogen-bond donors (Lipinski definition) is 1. The minimum atomic E-state index is -3.76. The molecule has 10 heteroatoms. The van der Waals surface area contributed by atoms with Gasteiger partial charge in [0.2, 0.25) is 5.82 Å². The van der Waals surface area contributed by atoms with Gasteiger partial charge in [-0.15, -0.1) is 11.3 Å². The second kappa shape index (κ2) is 7.56. The lowest BCUT2D eigenvalue weighted by molar-refractivity contribution is 0.432. The molecular formula is C18H11Cl2N3O3S2. The number of benzene rings is 2. The average Bonchev–Trinajstić information content (AvgIpc) is 3.32. The van der Waals surface area contributed by atoms with Gasteiger partial charge in [0.15, 0.2) is 0 Å². The molecule has 0 unspecified atom stereocenters. The summed E-state index contributed by atoms with van der Waals surface area (Å²) in [4.78, 5) is 4.32. The lowest BCUT2D eigenvalue weighted by atomic mass is 10.2. The topological polar surface area (TPSA) is 85.1 Å². The van der Waals surface area contributed by atoms with Gasteiger partial charge in [0.1, 0.15) is 4.21 Å². The molecule has 0 amide bonds. The van der Waals surface area contributed by atoms with E-state index in [4.69, 9.17) is 27.7 Å². The first-order valence-electron chi connectivity index (χ1n) is 7.88. The second-order valence-corrected chi connectivity index (χ2v) is 9.39. The standard InChI is InChI=1S/C18H11Cl2N3O3S2/c19-13-6-4-11(5-7-13)17-21-18(26-22-17)12-8-16(27-10-12)28(24,25)23-15-3-1-2-14(20)9-15/h1-10,23H. The molecule has 0 aliphatic carbocycles. The zero-order valence-corrected chi connectivity index (χ0v) is 17.1. The molecule has 0 aliphatic heterocycles. The molecule has 6 nitrogen and oxygen atoms in total. The number of sulfonamides is 1. The van der Waals surface area contributed by atoms with Crippen molar-refractivity contribution in [2.45, 2.75) is 4.21 Å². The summed E-state index contributed by atoms with van der Waals surface area (Å²) in [6.07, 6.45) is 0. The molecule has 2 heterocycles. The first-order valence-corrected chi connectivity index (χ1v) is 11.0. The van der Waals surface area contributed by atoms with Crippen molar-refractivity contribution in [3.63, 3.8) is 0 Å². The van der Waals surface area contributed by atoms with Crippen LogP contribution in [0.15, 0.2) is 68.7 Å². The Kier molecular flexibility index (Phi) is 5.11. The Morgan fingerprint density at radius 3 is 2.50 bits per heavy atom. The van der Waals surface area contributed by atoms with Crippen molar-refractivity contribution in [3.8, 4) is 22.8 Å². The summed E-state index contributed by atoms with van der Waals surface area (Å²) in [5, 5.41) is 6.62. The van der Waals surface area contributed by atoms with E-state index < -0.39 is 10.0 Å². The SMILES string of the molecule is O=S(=O)(Nc1cccc(Cl)c1)c1cc(-c2nc(-c3ccc(Cl)cc3)no2)cs1. The van der Waals surface area contributed by atoms with E-state index in [2.05, 4.69) is 14.9 Å². The second-order valence-electron chi connectivity index (χ2n) is 5.70. The number of nitrogens with one attached hydrogen (secondary N) is 1. The van der Waals surface area contributed by atoms with Crippen LogP contribution in [0.5, 0.6) is 0 Å². The van der Waals surface area contributed by atoms with Crippen LogP contribution in [-0.4, -0.2) is 18.6 Å². The highest BCUT2D eigenvalue weighted by molar-refractivity contribution is 7.94. The Bertz CT molecular complexity index is 1230. The van der Waals surface area contributed by atoms with Crippen molar-refractivity contribution in [1.29, 1.82) is 0 Å². The summed E-state index contributed by atoms with van der Waals surface area (Å²) in [6.45, 7) is 0. The molecule has 4 rings (SSSR count). The van der Waals surface area contributed by atoms with Gasteiger partial charge < -0.3 is 4.52 Å². The van der Waals surface area contributed by atoms with Crippen molar-refractivity contribution < 1.29 is 12.9 Å². The molecule has 0 bridgehead atoms. The molecule has 28 heavy (non-hydrogen) atoms. The maximum atomic E-state index is 12.6. The smallest absolute Gasteiger partial charge is 0.271 e. The van der Waals surface area contributed by atoms with Crippen LogP contribution < -0.4 is 4.72 Å². The third kappa shape index (κ3) is 4.05. The molecule has 0 atom stereocenters. The number of rotatable bonds is 5. The predicted octanol–water partition coefficient (Wildman–Crippen LogP) is 5.57. The van der Waals surface area contributed by atoms with Crippen LogP contribution in [0.25, 0.3) is 22.8 Å². The van der Waals surface area contributed by atoms with Gasteiger partial charge in [-0.25, -0.2) is 8.42 Å². The molecular weight excluding hydrogens is 441 g/mol. The highest BCUT2D eigenvalue weighted by atomic mass is 35.5. The maximum Gasteiger partial charge on any atom is 0.271 e. The van der Waals surface area contributed by atoms with E-state index in [1.807, 2.05) is 0 Å². The average molecular weight is 452 g/mol. The Morgan fingerprint density at radius 1 is 0.964 bits per heavy atom. The summed E-state index contributed by atoms with van der Waals surface area (Å²) < 4.78 is 33.1. The van der Waals surface area contributed by atoms with E-state index in [-0.39, 0.29) is 10.1 Å². The van der Waals surface area contributed by atoms with Gasteiger partial charge in [-0.2, -0.15) is 4.98 Å². The third-order valence-electron chi connectivity index (χ3n) is 3.69. The van der Waals surface area contributed by atoms with Crippen molar-refractivity contribution in [1.82, 2.24) is 10.1 Å². The summed E-state index contributed by atoms with van der Waals surface area (Å²) in [6, 6.07) is 15.0. The van der Waals surface area contributed by atoms with Crippen LogP contribution in [-0.2, 0) is 10.0 Å². The molecule has 0 spiro atoms. The van der Waals surface area contributed by atoms with Crippen LogP contribution in [0.1, 0.15) is 0 Å². The number of thiophene rings is 1. The number of aromatic nitrogens is 2. The minimum Gasteiger partial charge on any atom is -0.334 e. The van der Waals surface area contributed by atoms with Gasteiger partial charge in [0.05, 0.1) is 11.3 Å². The Labute approximate surface area is 174 Å². The predicted molar refractivity (Wildman–Crippen MR) is 110 cm³/mol. The third-order valence-corrected chi connectivity index (χ3v) is 7.00. The van der Waals surface area contributed by atoms with Crippen molar-refractivity contribution in [3.05, 3.63) is 70.0 Å². The lowest BCUT2D eigenvalue weighted by Gasteiger charge is -2.05. The Balaban J connectivity index is 1.58. The molecule has 0 saturated heterocycles. The Morgan fingerprint density at radius 2 is 1.75 bits per heavy atom. The summed E-state index contributed by atoms with van der Waals surface area (Å²) in [5.41, 5.74) is 1.64. The first kappa shape index (κ1) is 18.9. The zero-order valence-electron chi connectivity index (χ0n) is 14.0. The van der Waals surface area contributed by atoms with Crippen LogP contribution in [0, 0.1) is 0 Å². The van der Waals surface area contributed by atoms with E-state index in [9.17, 15) is 8.42 Å². The van der Waals surface area contributed by atoms with Crippen molar-refractivity contribution in [2.75, 3.05) is 4.72 Å². The first-order chi connectivity index (χ1) is 13.4. The number of halogens is 2. The molecule has 0 radical (unpaired) electrons. The van der Waals surface area contributed by atoms with Crippen LogP contribution in [0.3, 0.4) is 0 Å². The number of nitrogens with zero attached hydrogens (tertiary/aromatic N) is 2. The van der Waals surface area contributed by atoms with Gasteiger partial charge >= 0.3 is 0 Å². The molecule has 142 valence electrons. The molecule has 0 saturated carbocycles. The monoisotopic (exact) mass is 451 g/mol. The van der Waals surface area contributed by atoms with Gasteiger partial charge in [-0.05, 0) is 48.5 Å². The largest absolute Gasteiger partial charge is 0.334 e. The Hall–Kier alpha value is -2.39. The fourth-order valence-corrected chi connectivity index (χ4v) is 4.90. The van der Waals surface area contributed by atoms with E-state index in [0.717, 1.165) is 16.9 Å². The molecule has 2 aromatic heterocycles. The maximum absolute atomic E-state index is 12.6. The van der Waals surface area contributed by atoms with Crippen LogP contribution >= 0.6 is 34.5 Å². The lowest BCUT2D eigenvalue weighted by Crippen LogP contribution is -2.11.